The number of aromatic nitrogens is 2. The maximum atomic E-state index is 11.8. The van der Waals surface area contributed by atoms with Gasteiger partial charge in [-0.2, -0.15) is 0 Å². The maximum absolute atomic E-state index is 11.8. The van der Waals surface area contributed by atoms with Crippen LogP contribution in [0.5, 0.6) is 0 Å². The van der Waals surface area contributed by atoms with Crippen molar-refractivity contribution in [1.82, 2.24) is 14.9 Å². The fourth-order valence-corrected chi connectivity index (χ4v) is 1.86. The number of hydrogen-bond donors (Lipinski definition) is 1. The van der Waals surface area contributed by atoms with Crippen LogP contribution in [-0.2, 0) is 0 Å². The van der Waals surface area contributed by atoms with E-state index in [1.54, 1.807) is 0 Å². The number of nitrogens with one attached hydrogen (secondary N) is 1. The number of rotatable bonds is 4. The Morgan fingerprint density at radius 1 is 1.53 bits per heavy atom. The van der Waals surface area contributed by atoms with Crippen LogP contribution in [0.1, 0.15) is 42.1 Å². The third kappa shape index (κ3) is 3.14. The highest BCUT2D eigenvalue weighted by Crippen LogP contribution is 2.19. The fraction of sp³-hybridized carbons (Fsp3) is 0.667. The lowest BCUT2D eigenvalue weighted by Crippen LogP contribution is -2.33. The molecule has 0 fully saturated rings. The minimum absolute atomic E-state index is 0.0405. The molecule has 84 valence electrons. The first kappa shape index (κ1) is 12.4. The van der Waals surface area contributed by atoms with Crippen molar-refractivity contribution in [2.24, 2.45) is 0 Å². The molecular weight excluding hydrogens is 234 g/mol. The molecule has 0 radical (unpaired) electrons. The molecule has 1 N–H and O–H groups in total. The van der Waals surface area contributed by atoms with Crippen molar-refractivity contribution in [2.45, 2.75) is 32.7 Å². The van der Waals surface area contributed by atoms with Gasteiger partial charge in [-0.25, -0.2) is 0 Å². The van der Waals surface area contributed by atoms with E-state index >= 15 is 0 Å². The molecule has 0 spiro atoms. The molecule has 0 aliphatic heterocycles. The van der Waals surface area contributed by atoms with Gasteiger partial charge in [0, 0.05) is 11.9 Å². The Balaban J connectivity index is 2.77. The number of hydrogen-bond acceptors (Lipinski definition) is 4. The first-order valence-corrected chi connectivity index (χ1v) is 6.06. The first-order valence-electron chi connectivity index (χ1n) is 4.75. The van der Waals surface area contributed by atoms with Crippen LogP contribution in [0.4, 0.5) is 0 Å². The third-order valence-electron chi connectivity index (χ3n) is 1.88. The van der Waals surface area contributed by atoms with E-state index in [-0.39, 0.29) is 17.9 Å². The van der Waals surface area contributed by atoms with Crippen LogP contribution in [0.15, 0.2) is 0 Å². The molecular formula is C9H14ClN3OS. The van der Waals surface area contributed by atoms with Crippen molar-refractivity contribution >= 4 is 29.0 Å². The maximum Gasteiger partial charge on any atom is 0.265 e. The summed E-state index contributed by atoms with van der Waals surface area (Å²) in [5.41, 5.74) is 0.749. The van der Waals surface area contributed by atoms with E-state index in [4.69, 9.17) is 11.6 Å². The average molecular weight is 248 g/mol. The molecule has 1 aromatic rings. The van der Waals surface area contributed by atoms with E-state index in [1.807, 2.05) is 20.8 Å². The van der Waals surface area contributed by atoms with Crippen LogP contribution < -0.4 is 5.32 Å². The van der Waals surface area contributed by atoms with Crippen LogP contribution in [0, 0.1) is 0 Å². The quantitative estimate of drug-likeness (QED) is 0.829. The predicted molar refractivity (Wildman–Crippen MR) is 61.6 cm³/mol. The van der Waals surface area contributed by atoms with E-state index in [0.29, 0.717) is 10.8 Å². The molecule has 0 saturated carbocycles. The number of halogens is 1. The largest absolute Gasteiger partial charge is 0.348 e. The molecule has 0 saturated heterocycles. The van der Waals surface area contributed by atoms with Gasteiger partial charge >= 0.3 is 0 Å². The van der Waals surface area contributed by atoms with Gasteiger partial charge in [-0.3, -0.25) is 4.79 Å². The normalized spacial score (nSPS) is 12.9. The van der Waals surface area contributed by atoms with Gasteiger partial charge in [0.05, 0.1) is 5.69 Å². The molecule has 0 aliphatic rings. The summed E-state index contributed by atoms with van der Waals surface area (Å²) < 4.78 is 3.80. The standard InChI is InChI=1S/C9H14ClN3OS/c1-5(2)7-8(15-13-12-7)9(14)11-6(3)4-10/h5-6H,4H2,1-3H3,(H,11,14). The van der Waals surface area contributed by atoms with Crippen molar-refractivity contribution in [3.8, 4) is 0 Å². The molecule has 0 bridgehead atoms. The fourth-order valence-electron chi connectivity index (χ4n) is 1.06. The molecule has 1 amide bonds. The van der Waals surface area contributed by atoms with E-state index < -0.39 is 0 Å². The molecule has 1 atom stereocenters. The van der Waals surface area contributed by atoms with Crippen molar-refractivity contribution in [3.63, 3.8) is 0 Å². The summed E-state index contributed by atoms with van der Waals surface area (Å²) in [6.07, 6.45) is 0. The van der Waals surface area contributed by atoms with Gasteiger partial charge in [0.25, 0.3) is 5.91 Å². The predicted octanol–water partition coefficient (Wildman–Crippen LogP) is 2.02. The van der Waals surface area contributed by atoms with E-state index in [2.05, 4.69) is 14.9 Å². The zero-order chi connectivity index (χ0) is 11.4. The molecule has 1 heterocycles. The lowest BCUT2D eigenvalue weighted by atomic mass is 10.1. The Kier molecular flexibility index (Phi) is 4.47. The summed E-state index contributed by atoms with van der Waals surface area (Å²) in [5, 5.41) is 6.73. The highest BCUT2D eigenvalue weighted by molar-refractivity contribution is 7.08. The second-order valence-electron chi connectivity index (χ2n) is 3.67. The van der Waals surface area contributed by atoms with Crippen LogP contribution in [0.3, 0.4) is 0 Å². The summed E-state index contributed by atoms with van der Waals surface area (Å²) >= 11 is 6.74. The zero-order valence-electron chi connectivity index (χ0n) is 8.95. The summed E-state index contributed by atoms with van der Waals surface area (Å²) in [6, 6.07) is -0.0405. The van der Waals surface area contributed by atoms with Crippen LogP contribution in [-0.4, -0.2) is 27.4 Å². The number of amides is 1. The molecule has 0 aromatic carbocycles. The van der Waals surface area contributed by atoms with E-state index in [1.165, 1.54) is 0 Å². The summed E-state index contributed by atoms with van der Waals surface area (Å²) in [4.78, 5) is 12.3. The molecule has 0 aliphatic carbocycles. The monoisotopic (exact) mass is 247 g/mol. The molecule has 4 nitrogen and oxygen atoms in total. The third-order valence-corrected chi connectivity index (χ3v) is 3.08. The summed E-state index contributed by atoms with van der Waals surface area (Å²) in [7, 11) is 0. The lowest BCUT2D eigenvalue weighted by molar-refractivity contribution is 0.0946. The molecule has 1 unspecified atom stereocenters. The first-order chi connectivity index (χ1) is 7.06. The van der Waals surface area contributed by atoms with Crippen molar-refractivity contribution in [1.29, 1.82) is 0 Å². The minimum atomic E-state index is -0.137. The Bertz CT molecular complexity index is 340. The van der Waals surface area contributed by atoms with Crippen molar-refractivity contribution in [3.05, 3.63) is 10.6 Å². The molecule has 15 heavy (non-hydrogen) atoms. The SMILES string of the molecule is CC(CCl)NC(=O)c1snnc1C(C)C. The van der Waals surface area contributed by atoms with Gasteiger partial charge in [-0.1, -0.05) is 18.3 Å². The molecule has 6 heteroatoms. The van der Waals surface area contributed by atoms with Crippen LogP contribution in [0.2, 0.25) is 0 Å². The highest BCUT2D eigenvalue weighted by Gasteiger charge is 2.19. The number of alkyl halides is 1. The lowest BCUT2D eigenvalue weighted by Gasteiger charge is -2.10. The van der Waals surface area contributed by atoms with Crippen molar-refractivity contribution < 1.29 is 4.79 Å². The number of nitrogens with zero attached hydrogens (tertiary/aromatic N) is 2. The van der Waals surface area contributed by atoms with Crippen LogP contribution >= 0.6 is 23.1 Å². The Morgan fingerprint density at radius 3 is 2.73 bits per heavy atom. The Hall–Kier alpha value is -0.680. The Labute approximate surface area is 98.2 Å². The smallest absolute Gasteiger partial charge is 0.265 e. The van der Waals surface area contributed by atoms with Crippen molar-refractivity contribution in [2.75, 3.05) is 5.88 Å². The van der Waals surface area contributed by atoms with Gasteiger partial charge in [-0.05, 0) is 24.4 Å². The Morgan fingerprint density at radius 2 is 2.20 bits per heavy atom. The number of carbonyl (C=O) groups excluding carboxylic acids is 1. The van der Waals surface area contributed by atoms with E-state index in [9.17, 15) is 4.79 Å². The zero-order valence-corrected chi connectivity index (χ0v) is 10.5. The highest BCUT2D eigenvalue weighted by atomic mass is 35.5. The topological polar surface area (TPSA) is 54.9 Å². The second-order valence-corrected chi connectivity index (χ2v) is 4.73. The van der Waals surface area contributed by atoms with Crippen LogP contribution in [0.25, 0.3) is 0 Å². The average Bonchev–Trinajstić information content (AvgIpc) is 2.65. The van der Waals surface area contributed by atoms with Gasteiger partial charge in [0.1, 0.15) is 4.88 Å². The second kappa shape index (κ2) is 5.42. The van der Waals surface area contributed by atoms with E-state index in [0.717, 1.165) is 17.2 Å². The van der Waals surface area contributed by atoms with Gasteiger partial charge < -0.3 is 5.32 Å². The summed E-state index contributed by atoms with van der Waals surface area (Å²) in [6.45, 7) is 5.82. The van der Waals surface area contributed by atoms with Gasteiger partial charge in [0.15, 0.2) is 0 Å². The molecule has 1 aromatic heterocycles. The van der Waals surface area contributed by atoms with Gasteiger partial charge in [-0.15, -0.1) is 16.7 Å². The summed E-state index contributed by atoms with van der Waals surface area (Å²) in [5.74, 6) is 0.465. The number of carbonyl (C=O) groups is 1. The van der Waals surface area contributed by atoms with Gasteiger partial charge in [0.2, 0.25) is 0 Å². The molecule has 1 rings (SSSR count). The minimum Gasteiger partial charge on any atom is -0.348 e.